The van der Waals surface area contributed by atoms with Crippen LogP contribution < -0.4 is 9.80 Å². The summed E-state index contributed by atoms with van der Waals surface area (Å²) in [5.41, 5.74) is 47.5. The molecule has 4 spiro atoms. The number of benzene rings is 12. The summed E-state index contributed by atoms with van der Waals surface area (Å²) in [7, 11) is 0. The first-order chi connectivity index (χ1) is 61.6. The van der Waals surface area contributed by atoms with Gasteiger partial charge in [0.2, 0.25) is 0 Å². The van der Waals surface area contributed by atoms with Gasteiger partial charge in [-0.15, -0.1) is 0 Å². The van der Waals surface area contributed by atoms with Gasteiger partial charge in [0.05, 0.1) is 0 Å². The predicted molar refractivity (Wildman–Crippen MR) is 537 cm³/mol. The zero-order valence-corrected chi connectivity index (χ0v) is 80.0. The maximum absolute atomic E-state index is 2.78. The summed E-state index contributed by atoms with van der Waals surface area (Å²) >= 11 is 0. The van der Waals surface area contributed by atoms with E-state index in [1.807, 2.05) is 0 Å². The normalized spacial score (nSPS) is 31.4. The fourth-order valence-electron chi connectivity index (χ4n) is 34.7. The first kappa shape index (κ1) is 79.0. The predicted octanol–water partition coefficient (Wildman–Crippen LogP) is 33.3. The van der Waals surface area contributed by atoms with Crippen LogP contribution in [-0.2, 0) is 59.6 Å². The highest BCUT2D eigenvalue weighted by atomic mass is 15.2. The molecule has 12 aromatic rings. The minimum absolute atomic E-state index is 0.00595. The van der Waals surface area contributed by atoms with Gasteiger partial charge in [-0.1, -0.05) is 275 Å². The molecule has 0 N–H and O–H groups in total. The summed E-state index contributed by atoms with van der Waals surface area (Å²) in [5.74, 6) is 6.72. The molecule has 2 heteroatoms. The Morgan fingerprint density at radius 2 is 0.574 bits per heavy atom. The molecule has 12 aromatic carbocycles. The molecule has 4 bridgehead atoms. The van der Waals surface area contributed by atoms with Gasteiger partial charge >= 0.3 is 0 Å². The van der Waals surface area contributed by atoms with Crippen molar-refractivity contribution in [3.05, 3.63) is 321 Å². The van der Waals surface area contributed by atoms with E-state index in [1.54, 1.807) is 55.6 Å². The van der Waals surface area contributed by atoms with Crippen LogP contribution in [0.1, 0.15) is 298 Å². The summed E-state index contributed by atoms with van der Waals surface area (Å²) in [5, 5.41) is 0. The van der Waals surface area contributed by atoms with Crippen LogP contribution in [0.25, 0.3) is 66.8 Å². The van der Waals surface area contributed by atoms with Crippen molar-refractivity contribution in [3.63, 3.8) is 0 Å². The second-order valence-corrected chi connectivity index (χ2v) is 50.8. The van der Waals surface area contributed by atoms with Gasteiger partial charge in [-0.05, 0) is 440 Å². The van der Waals surface area contributed by atoms with Crippen LogP contribution in [0.2, 0.25) is 0 Å². The highest BCUT2D eigenvalue weighted by Crippen LogP contribution is 2.92. The van der Waals surface area contributed by atoms with Gasteiger partial charge in [0, 0.05) is 50.4 Å². The molecule has 0 heterocycles. The fourth-order valence-corrected chi connectivity index (χ4v) is 34.7. The van der Waals surface area contributed by atoms with E-state index in [2.05, 4.69) is 370 Å². The molecule has 0 aliphatic heterocycles. The van der Waals surface area contributed by atoms with Gasteiger partial charge in [-0.25, -0.2) is 0 Å². The minimum atomic E-state index is -0.119. The monoisotopic (exact) mass is 1690 g/mol. The van der Waals surface area contributed by atoms with Crippen LogP contribution in [-0.4, -0.2) is 0 Å². The molecule has 14 unspecified atom stereocenters. The Labute approximate surface area is 770 Å². The molecule has 129 heavy (non-hydrogen) atoms. The molecule has 27 rings (SSSR count). The van der Waals surface area contributed by atoms with E-state index in [-0.39, 0.29) is 59.6 Å². The van der Waals surface area contributed by atoms with Crippen LogP contribution in [0.15, 0.2) is 243 Å². The van der Waals surface area contributed by atoms with E-state index in [1.165, 1.54) is 207 Å². The van der Waals surface area contributed by atoms with E-state index < -0.39 is 0 Å². The lowest BCUT2D eigenvalue weighted by atomic mass is 9.27. The highest BCUT2D eigenvalue weighted by Gasteiger charge is 2.86. The summed E-state index contributed by atoms with van der Waals surface area (Å²) in [6.07, 6.45) is 20.8. The maximum atomic E-state index is 2.78. The van der Waals surface area contributed by atoms with Gasteiger partial charge in [0.1, 0.15) is 0 Å². The van der Waals surface area contributed by atoms with Crippen LogP contribution in [0.5, 0.6) is 0 Å². The second-order valence-electron chi connectivity index (χ2n) is 50.8. The zero-order valence-electron chi connectivity index (χ0n) is 80.0. The van der Waals surface area contributed by atoms with Gasteiger partial charge < -0.3 is 9.80 Å². The average molecular weight is 1690 g/mol. The van der Waals surface area contributed by atoms with Crippen molar-refractivity contribution < 1.29 is 0 Å². The molecular weight excluding hydrogens is 1550 g/mol. The van der Waals surface area contributed by atoms with E-state index in [4.69, 9.17) is 0 Å². The number of hydrogen-bond donors (Lipinski definition) is 0. The topological polar surface area (TPSA) is 6.48 Å². The van der Waals surface area contributed by atoms with Gasteiger partial charge in [-0.3, -0.25) is 0 Å². The second kappa shape index (κ2) is 25.3. The van der Waals surface area contributed by atoms with Gasteiger partial charge in [0.15, 0.2) is 0 Å². The maximum Gasteiger partial charge on any atom is 0.0465 e. The molecule has 14 atom stereocenters. The average Bonchev–Trinajstić information content (AvgIpc) is 1.45. The summed E-state index contributed by atoms with van der Waals surface area (Å²) < 4.78 is 0. The van der Waals surface area contributed by atoms with Crippen molar-refractivity contribution in [2.24, 2.45) is 64.1 Å². The number of hydrogen-bond acceptors (Lipinski definition) is 2. The third kappa shape index (κ3) is 10.0. The Balaban J connectivity index is 0.540. The Morgan fingerprint density at radius 3 is 1.09 bits per heavy atom. The summed E-state index contributed by atoms with van der Waals surface area (Å²) in [6, 6.07) is 100. The molecule has 2 nitrogen and oxygen atoms in total. The minimum Gasteiger partial charge on any atom is -0.310 e. The quantitative estimate of drug-likeness (QED) is 0.127. The third-order valence-corrected chi connectivity index (χ3v) is 41.5. The molecular formula is C127H132N2. The number of anilines is 6. The van der Waals surface area contributed by atoms with Gasteiger partial charge in [-0.2, -0.15) is 0 Å². The lowest BCUT2D eigenvalue weighted by Gasteiger charge is -2.76. The smallest absolute Gasteiger partial charge is 0.0465 e. The van der Waals surface area contributed by atoms with Crippen molar-refractivity contribution >= 4 is 34.1 Å². The van der Waals surface area contributed by atoms with Crippen molar-refractivity contribution in [1.29, 1.82) is 0 Å². The van der Waals surface area contributed by atoms with Crippen molar-refractivity contribution in [2.45, 2.75) is 280 Å². The molecule has 15 aliphatic carbocycles. The number of fused-ring (bicyclic) bond motifs is 23. The number of nitrogens with zero attached hydrogens (tertiary/aromatic N) is 2. The molecule has 0 saturated heterocycles. The zero-order chi connectivity index (χ0) is 87.9. The van der Waals surface area contributed by atoms with Crippen LogP contribution in [0.4, 0.5) is 34.1 Å². The Kier molecular flexibility index (Phi) is 15.5. The van der Waals surface area contributed by atoms with E-state index in [0.717, 1.165) is 42.9 Å². The highest BCUT2D eigenvalue weighted by molar-refractivity contribution is 5.94. The first-order valence-electron chi connectivity index (χ1n) is 50.8. The molecule has 0 radical (unpaired) electrons. The van der Waals surface area contributed by atoms with Gasteiger partial charge in [0.25, 0.3) is 0 Å². The van der Waals surface area contributed by atoms with Crippen molar-refractivity contribution in [2.75, 3.05) is 9.80 Å². The molecule has 8 saturated carbocycles. The molecule has 0 amide bonds. The lowest BCUT2D eigenvalue weighted by molar-refractivity contribution is -0.231. The molecule has 650 valence electrons. The fraction of sp³-hybridized carbons (Fsp3) is 0.433. The lowest BCUT2D eigenvalue weighted by Crippen LogP contribution is -2.73. The molecule has 15 aliphatic rings. The number of rotatable bonds is 11. The van der Waals surface area contributed by atoms with Crippen LogP contribution in [0.3, 0.4) is 0 Å². The largest absolute Gasteiger partial charge is 0.310 e. The van der Waals surface area contributed by atoms with Crippen LogP contribution in [0, 0.1) is 64.1 Å². The van der Waals surface area contributed by atoms with Crippen LogP contribution >= 0.6 is 0 Å². The summed E-state index contributed by atoms with van der Waals surface area (Å²) in [4.78, 5) is 5.40. The SMILES string of the molecule is CC1(C)CCC(C)(C)c2cc(-c3ccc4c(c3)C3(c5cc(N(c6ccc(-c7ccccc7)cc6)c6ccc7c(c6)C(C)(CC6CC(C)(C)c8cc(-c9ccc%10c(c9)C9(c%11cc(N(c%12ccc%13c(c%12)C(C)(C)CCC%13(C)C)c%12ccc%13c(c%12)C(C)(C)c%12ccccc%12-%13)ccc%11-%10)C%10CC%11CC%12CC9C%12%10C%11)ccc8C6(C)C)CCC7(C)C)ccc5-4)C4CC5CC6CC3C64C5)ccc21. The van der Waals surface area contributed by atoms with Crippen molar-refractivity contribution in [1.82, 2.24) is 0 Å². The summed E-state index contributed by atoms with van der Waals surface area (Å²) in [6.45, 7) is 43.2. The van der Waals surface area contributed by atoms with E-state index >= 15 is 0 Å². The Morgan fingerprint density at radius 1 is 0.240 bits per heavy atom. The Hall–Kier alpha value is -9.76. The van der Waals surface area contributed by atoms with E-state index in [0.29, 0.717) is 40.4 Å². The third-order valence-electron chi connectivity index (χ3n) is 41.5. The standard InChI is InChI=1S/C127H132N2/c1-115(2)49-51-118(7,8)107-61-80(31-45-98(107)115)78-29-40-93-95-43-36-87(66-105(95)126(103(93)59-78)111-57-74-55-82-63-113(126)124(82,111)70-74)128(85-33-27-77(28-34-85)76-23-19-18-20-24-76)90-39-48-100-110(69-90)123(17,54-53-117(100,5)6)73-84-72-120(11,12)108-62-81(32-46-101(108)121(84,13)14)79-30-41-94-96-44-37-88(67-106(96)127(104(94)60-79)112-58-75-56-83-64-114(127)125(83,112)71-75)129(89-38-47-99-109(68-89)119(9,10)52-50-116(99,3)4)86-35-42-92-91-25-21-22-26-97(91)122(15,16)102(92)65-86/h18-48,59-62,65-69,74-75,82-84,111-114H,49-58,63-64,70-73H2,1-17H3. The molecule has 0 aromatic heterocycles. The Bertz CT molecular complexity index is 6900. The molecule has 8 fully saturated rings. The first-order valence-corrected chi connectivity index (χ1v) is 50.8. The van der Waals surface area contributed by atoms with Crippen molar-refractivity contribution in [3.8, 4) is 66.8 Å². The van der Waals surface area contributed by atoms with E-state index in [9.17, 15) is 0 Å².